The van der Waals surface area contributed by atoms with Gasteiger partial charge in [-0.2, -0.15) is 4.39 Å². The number of hydrogen-bond acceptors (Lipinski definition) is 3. The summed E-state index contributed by atoms with van der Waals surface area (Å²) >= 11 is 0. The maximum Gasteiger partial charge on any atom is 0.304 e. The monoisotopic (exact) mass is 236 g/mol. The molecule has 0 atom stereocenters. The summed E-state index contributed by atoms with van der Waals surface area (Å²) in [6.45, 7) is 0.322. The Hall–Kier alpha value is -2.40. The average Bonchev–Trinajstić information content (AvgIpc) is 2.28. The first kappa shape index (κ1) is 12.7. The summed E-state index contributed by atoms with van der Waals surface area (Å²) in [6, 6.07) is 3.65. The van der Waals surface area contributed by atoms with Crippen molar-refractivity contribution in [2.75, 3.05) is 6.54 Å². The maximum atomic E-state index is 13.2. The van der Waals surface area contributed by atoms with E-state index in [4.69, 9.17) is 5.53 Å². The second kappa shape index (κ2) is 6.24. The zero-order valence-corrected chi connectivity index (χ0v) is 8.78. The molecule has 0 bridgehead atoms. The van der Waals surface area contributed by atoms with Gasteiger partial charge in [0.1, 0.15) is 0 Å². The number of rotatable bonds is 5. The third kappa shape index (κ3) is 3.92. The molecule has 88 valence electrons. The van der Waals surface area contributed by atoms with Crippen molar-refractivity contribution in [1.82, 2.24) is 0 Å². The van der Waals surface area contributed by atoms with Crippen LogP contribution in [-0.2, 0) is 0 Å². The largest absolute Gasteiger partial charge is 0.304 e. The van der Waals surface area contributed by atoms with Crippen LogP contribution in [0, 0.1) is 15.9 Å². The normalized spacial score (nSPS) is 10.2. The van der Waals surface area contributed by atoms with E-state index in [0.29, 0.717) is 18.5 Å². The third-order valence-corrected chi connectivity index (χ3v) is 1.94. The summed E-state index contributed by atoms with van der Waals surface area (Å²) in [4.78, 5) is 12.2. The molecule has 1 aromatic rings. The molecule has 0 heterocycles. The lowest BCUT2D eigenvalue weighted by Crippen LogP contribution is -1.92. The van der Waals surface area contributed by atoms with Crippen molar-refractivity contribution in [2.24, 2.45) is 5.11 Å². The van der Waals surface area contributed by atoms with E-state index in [2.05, 4.69) is 10.0 Å². The number of azide groups is 1. The number of nitrogens with zero attached hydrogens (tertiary/aromatic N) is 4. The summed E-state index contributed by atoms with van der Waals surface area (Å²) in [5.74, 6) is -0.868. The zero-order valence-electron chi connectivity index (χ0n) is 8.78. The topological polar surface area (TPSA) is 91.9 Å². The van der Waals surface area contributed by atoms with Gasteiger partial charge in [-0.15, -0.1) is 0 Å². The second-order valence-corrected chi connectivity index (χ2v) is 3.11. The zero-order chi connectivity index (χ0) is 12.7. The van der Waals surface area contributed by atoms with E-state index < -0.39 is 16.4 Å². The molecule has 0 saturated carbocycles. The SMILES string of the molecule is [N-]=[N+]=NCCC=Cc1ccc([N+](=O)[O-])c(F)c1. The first-order valence-corrected chi connectivity index (χ1v) is 4.76. The summed E-state index contributed by atoms with van der Waals surface area (Å²) < 4.78 is 13.2. The first-order chi connectivity index (χ1) is 8.15. The molecule has 0 saturated heterocycles. The lowest BCUT2D eigenvalue weighted by Gasteiger charge is -1.96. The molecule has 0 aromatic heterocycles. The number of halogens is 1. The lowest BCUT2D eigenvalue weighted by molar-refractivity contribution is -0.387. The van der Waals surface area contributed by atoms with Gasteiger partial charge in [-0.05, 0) is 29.6 Å². The first-order valence-electron chi connectivity index (χ1n) is 4.76. The van der Waals surface area contributed by atoms with E-state index in [1.165, 1.54) is 6.07 Å². The van der Waals surface area contributed by atoms with Gasteiger partial charge in [-0.1, -0.05) is 17.3 Å². The van der Waals surface area contributed by atoms with Gasteiger partial charge in [-0.25, -0.2) is 0 Å². The number of nitro groups is 1. The molecule has 0 unspecified atom stereocenters. The molecule has 0 N–H and O–H groups in total. The molecule has 0 spiro atoms. The fraction of sp³-hybridized carbons (Fsp3) is 0.200. The van der Waals surface area contributed by atoms with Crippen molar-refractivity contribution < 1.29 is 9.31 Å². The predicted octanol–water partition coefficient (Wildman–Crippen LogP) is 3.45. The Balaban J connectivity index is 2.70. The van der Waals surface area contributed by atoms with Crippen molar-refractivity contribution in [2.45, 2.75) is 6.42 Å². The van der Waals surface area contributed by atoms with Crippen LogP contribution in [0.2, 0.25) is 0 Å². The minimum Gasteiger partial charge on any atom is -0.258 e. The van der Waals surface area contributed by atoms with Gasteiger partial charge in [0.15, 0.2) is 0 Å². The fourth-order valence-electron chi connectivity index (χ4n) is 1.17. The molecule has 7 heteroatoms. The molecular formula is C10H9FN4O2. The summed E-state index contributed by atoms with van der Waals surface area (Å²) in [5.41, 5.74) is 8.00. The van der Waals surface area contributed by atoms with Crippen LogP contribution in [0.5, 0.6) is 0 Å². The number of benzene rings is 1. The third-order valence-electron chi connectivity index (χ3n) is 1.94. The molecule has 0 radical (unpaired) electrons. The van der Waals surface area contributed by atoms with Crippen molar-refractivity contribution in [3.8, 4) is 0 Å². The Labute approximate surface area is 96.2 Å². The van der Waals surface area contributed by atoms with E-state index >= 15 is 0 Å². The molecule has 1 rings (SSSR count). The van der Waals surface area contributed by atoms with Gasteiger partial charge in [0.05, 0.1) is 4.92 Å². The average molecular weight is 236 g/mol. The van der Waals surface area contributed by atoms with Crippen LogP contribution in [0.25, 0.3) is 16.5 Å². The summed E-state index contributed by atoms with van der Waals surface area (Å²) in [7, 11) is 0. The predicted molar refractivity (Wildman–Crippen MR) is 60.7 cm³/mol. The molecule has 17 heavy (non-hydrogen) atoms. The molecule has 0 aliphatic heterocycles. The Morgan fingerprint density at radius 3 is 2.94 bits per heavy atom. The molecule has 0 fully saturated rings. The lowest BCUT2D eigenvalue weighted by atomic mass is 10.2. The molecule has 1 aromatic carbocycles. The summed E-state index contributed by atoms with van der Waals surface area (Å²) in [6.07, 6.45) is 3.84. The van der Waals surface area contributed by atoms with E-state index in [-0.39, 0.29) is 0 Å². The van der Waals surface area contributed by atoms with Crippen LogP contribution in [0.4, 0.5) is 10.1 Å². The van der Waals surface area contributed by atoms with Crippen molar-refractivity contribution >= 4 is 11.8 Å². The van der Waals surface area contributed by atoms with Crippen LogP contribution in [-0.4, -0.2) is 11.5 Å². The van der Waals surface area contributed by atoms with E-state index in [1.54, 1.807) is 12.2 Å². The molecule has 6 nitrogen and oxygen atoms in total. The van der Waals surface area contributed by atoms with Crippen molar-refractivity contribution in [1.29, 1.82) is 0 Å². The highest BCUT2D eigenvalue weighted by Gasteiger charge is 2.12. The number of nitro benzene ring substituents is 1. The minimum atomic E-state index is -0.868. The molecule has 0 aliphatic carbocycles. The van der Waals surface area contributed by atoms with Crippen molar-refractivity contribution in [3.63, 3.8) is 0 Å². The van der Waals surface area contributed by atoms with E-state index in [9.17, 15) is 14.5 Å². The highest BCUT2D eigenvalue weighted by Crippen LogP contribution is 2.18. The molecular weight excluding hydrogens is 227 g/mol. The Morgan fingerprint density at radius 1 is 1.59 bits per heavy atom. The Morgan fingerprint density at radius 2 is 2.35 bits per heavy atom. The van der Waals surface area contributed by atoms with Gasteiger partial charge in [0.25, 0.3) is 0 Å². The smallest absolute Gasteiger partial charge is 0.258 e. The van der Waals surface area contributed by atoms with Gasteiger partial charge in [0, 0.05) is 17.5 Å². The van der Waals surface area contributed by atoms with E-state index in [1.807, 2.05) is 0 Å². The van der Waals surface area contributed by atoms with Gasteiger partial charge in [-0.3, -0.25) is 10.1 Å². The van der Waals surface area contributed by atoms with Crippen LogP contribution in [0.15, 0.2) is 29.4 Å². The maximum absolute atomic E-state index is 13.2. The quantitative estimate of drug-likeness (QED) is 0.195. The Kier molecular flexibility index (Phi) is 4.65. The standard InChI is InChI=1S/C10H9FN4O2/c11-9-7-8(3-1-2-6-13-14-12)4-5-10(9)15(16)17/h1,3-5,7H,2,6H2. The number of hydrogen-bond donors (Lipinski definition) is 0. The van der Waals surface area contributed by atoms with Gasteiger partial charge < -0.3 is 0 Å². The fourth-order valence-corrected chi connectivity index (χ4v) is 1.17. The molecule has 0 aliphatic rings. The Bertz CT molecular complexity index is 495. The minimum absolute atomic E-state index is 0.322. The van der Waals surface area contributed by atoms with Crippen LogP contribution in [0.1, 0.15) is 12.0 Å². The van der Waals surface area contributed by atoms with Crippen LogP contribution >= 0.6 is 0 Å². The van der Waals surface area contributed by atoms with E-state index in [0.717, 1.165) is 12.1 Å². The highest BCUT2D eigenvalue weighted by molar-refractivity contribution is 5.52. The second-order valence-electron chi connectivity index (χ2n) is 3.11. The molecule has 0 amide bonds. The highest BCUT2D eigenvalue weighted by atomic mass is 19.1. The van der Waals surface area contributed by atoms with Crippen LogP contribution in [0.3, 0.4) is 0 Å². The van der Waals surface area contributed by atoms with Gasteiger partial charge >= 0.3 is 5.69 Å². The van der Waals surface area contributed by atoms with Gasteiger partial charge in [0.2, 0.25) is 5.82 Å². The van der Waals surface area contributed by atoms with Crippen molar-refractivity contribution in [3.05, 3.63) is 56.2 Å². The summed E-state index contributed by atoms with van der Waals surface area (Å²) in [5, 5.41) is 13.7. The van der Waals surface area contributed by atoms with Crippen LogP contribution < -0.4 is 0 Å².